The van der Waals surface area contributed by atoms with Crippen molar-refractivity contribution in [2.24, 2.45) is 5.92 Å². The lowest BCUT2D eigenvalue weighted by Crippen LogP contribution is -2.35. The highest BCUT2D eigenvalue weighted by Gasteiger charge is 2.21. The number of para-hydroxylation sites is 2. The van der Waals surface area contributed by atoms with E-state index in [-0.39, 0.29) is 0 Å². The summed E-state index contributed by atoms with van der Waals surface area (Å²) in [5.74, 6) is 0.609. The molecular formula is C23H29N3O. The van der Waals surface area contributed by atoms with Crippen molar-refractivity contribution in [3.05, 3.63) is 60.2 Å². The summed E-state index contributed by atoms with van der Waals surface area (Å²) < 4.78 is 8.42. The molecule has 1 fully saturated rings. The molecule has 0 aliphatic carbocycles. The van der Waals surface area contributed by atoms with Crippen LogP contribution in [0, 0.1) is 5.92 Å². The maximum Gasteiger partial charge on any atom is 0.297 e. The molecule has 3 aromatic rings. The van der Waals surface area contributed by atoms with Crippen LogP contribution in [0.3, 0.4) is 0 Å². The minimum atomic E-state index is 0.333. The van der Waals surface area contributed by atoms with Crippen LogP contribution in [0.25, 0.3) is 11.0 Å². The van der Waals surface area contributed by atoms with Gasteiger partial charge in [-0.1, -0.05) is 42.5 Å². The molecule has 1 aliphatic rings. The summed E-state index contributed by atoms with van der Waals surface area (Å²) in [5.41, 5.74) is 3.57. The van der Waals surface area contributed by atoms with Gasteiger partial charge < -0.3 is 4.74 Å². The molecule has 2 heterocycles. The zero-order valence-electron chi connectivity index (χ0n) is 16.3. The van der Waals surface area contributed by atoms with E-state index in [1.165, 1.54) is 18.4 Å². The Kier molecular flexibility index (Phi) is 5.44. The first-order valence-electron chi connectivity index (χ1n) is 10.1. The van der Waals surface area contributed by atoms with E-state index < -0.39 is 0 Å². The Morgan fingerprint density at radius 1 is 1.00 bits per heavy atom. The van der Waals surface area contributed by atoms with Crippen molar-refractivity contribution in [1.82, 2.24) is 14.5 Å². The smallest absolute Gasteiger partial charge is 0.297 e. The number of likely N-dealkylation sites (tertiary alicyclic amines) is 1. The van der Waals surface area contributed by atoms with Crippen molar-refractivity contribution >= 4 is 11.0 Å². The van der Waals surface area contributed by atoms with E-state index in [0.717, 1.165) is 43.3 Å². The average molecular weight is 364 g/mol. The lowest BCUT2D eigenvalue weighted by molar-refractivity contribution is 0.129. The third-order valence-corrected chi connectivity index (χ3v) is 5.48. The Balaban J connectivity index is 1.34. The Hall–Kier alpha value is -2.33. The second kappa shape index (κ2) is 8.13. The van der Waals surface area contributed by atoms with Gasteiger partial charge in [0.15, 0.2) is 0 Å². The van der Waals surface area contributed by atoms with Gasteiger partial charge in [0.25, 0.3) is 6.01 Å². The van der Waals surface area contributed by atoms with E-state index in [2.05, 4.69) is 71.8 Å². The van der Waals surface area contributed by atoms with Crippen LogP contribution >= 0.6 is 0 Å². The summed E-state index contributed by atoms with van der Waals surface area (Å²) >= 11 is 0. The highest BCUT2D eigenvalue weighted by atomic mass is 16.5. The van der Waals surface area contributed by atoms with Gasteiger partial charge in [-0.3, -0.25) is 9.47 Å². The van der Waals surface area contributed by atoms with Gasteiger partial charge in [0.2, 0.25) is 0 Å². The van der Waals surface area contributed by atoms with Crippen LogP contribution in [-0.2, 0) is 6.54 Å². The number of rotatable bonds is 6. The summed E-state index contributed by atoms with van der Waals surface area (Å²) in [4.78, 5) is 7.27. The monoisotopic (exact) mass is 363 g/mol. The normalized spacial score (nSPS) is 16.3. The number of nitrogens with zero attached hydrogens (tertiary/aromatic N) is 3. The number of hydrogen-bond acceptors (Lipinski definition) is 3. The molecule has 0 spiro atoms. The number of fused-ring (bicyclic) bond motifs is 1. The molecular weight excluding hydrogens is 334 g/mol. The highest BCUT2D eigenvalue weighted by molar-refractivity contribution is 5.76. The number of benzene rings is 2. The van der Waals surface area contributed by atoms with Crippen LogP contribution in [0.2, 0.25) is 0 Å². The van der Waals surface area contributed by atoms with Crippen molar-refractivity contribution in [3.63, 3.8) is 0 Å². The standard InChI is InChI=1S/C23H29N3O/c1-18(2)26-22-11-7-6-10-21(22)24-23(26)27-17-20-12-14-25(15-13-20)16-19-8-4-3-5-9-19/h3-11,18,20H,12-17H2,1-2H3. The molecule has 1 saturated heterocycles. The first-order valence-corrected chi connectivity index (χ1v) is 10.1. The first-order chi connectivity index (χ1) is 13.2. The van der Waals surface area contributed by atoms with Gasteiger partial charge in [-0.2, -0.15) is 4.98 Å². The number of hydrogen-bond donors (Lipinski definition) is 0. The second-order valence-electron chi connectivity index (χ2n) is 7.86. The molecule has 2 aromatic carbocycles. The molecule has 4 heteroatoms. The summed E-state index contributed by atoms with van der Waals surface area (Å²) in [5, 5.41) is 0. The number of piperidine rings is 1. The number of ether oxygens (including phenoxy) is 1. The van der Waals surface area contributed by atoms with Gasteiger partial charge in [0, 0.05) is 12.6 Å². The summed E-state index contributed by atoms with van der Waals surface area (Å²) in [6, 6.07) is 20.1. The molecule has 4 nitrogen and oxygen atoms in total. The molecule has 1 aliphatic heterocycles. The summed E-state index contributed by atoms with van der Waals surface area (Å²) in [6.07, 6.45) is 2.38. The Morgan fingerprint density at radius 3 is 2.44 bits per heavy atom. The topological polar surface area (TPSA) is 30.3 Å². The molecule has 0 unspecified atom stereocenters. The van der Waals surface area contributed by atoms with Crippen LogP contribution in [0.1, 0.15) is 38.3 Å². The molecule has 0 bridgehead atoms. The fourth-order valence-corrected chi connectivity index (χ4v) is 3.97. The van der Waals surface area contributed by atoms with E-state index >= 15 is 0 Å². The van der Waals surface area contributed by atoms with Gasteiger partial charge in [-0.05, 0) is 63.4 Å². The lowest BCUT2D eigenvalue weighted by Gasteiger charge is -2.31. The Morgan fingerprint density at radius 2 is 1.70 bits per heavy atom. The average Bonchev–Trinajstić information content (AvgIpc) is 3.07. The van der Waals surface area contributed by atoms with Crippen molar-refractivity contribution in [2.45, 2.75) is 39.3 Å². The fraction of sp³-hybridized carbons (Fsp3) is 0.435. The predicted octanol–water partition coefficient (Wildman–Crippen LogP) is 4.91. The van der Waals surface area contributed by atoms with Crippen LogP contribution in [-0.4, -0.2) is 34.1 Å². The van der Waals surface area contributed by atoms with E-state index in [1.54, 1.807) is 0 Å². The molecule has 27 heavy (non-hydrogen) atoms. The van der Waals surface area contributed by atoms with Gasteiger partial charge in [0.1, 0.15) is 0 Å². The SMILES string of the molecule is CC(C)n1c(OCC2CCN(Cc3ccccc3)CC2)nc2ccccc21. The number of aromatic nitrogens is 2. The second-order valence-corrected chi connectivity index (χ2v) is 7.86. The van der Waals surface area contributed by atoms with Gasteiger partial charge in [-0.25, -0.2) is 0 Å². The van der Waals surface area contributed by atoms with Crippen molar-refractivity contribution < 1.29 is 4.74 Å². The molecule has 0 amide bonds. The van der Waals surface area contributed by atoms with Crippen molar-refractivity contribution in [2.75, 3.05) is 19.7 Å². The first kappa shape index (κ1) is 18.1. The molecule has 142 valence electrons. The van der Waals surface area contributed by atoms with Crippen LogP contribution < -0.4 is 4.74 Å². The molecule has 0 atom stereocenters. The van der Waals surface area contributed by atoms with E-state index in [0.29, 0.717) is 12.0 Å². The molecule has 0 radical (unpaired) electrons. The zero-order chi connectivity index (χ0) is 18.6. The summed E-state index contributed by atoms with van der Waals surface area (Å²) in [7, 11) is 0. The van der Waals surface area contributed by atoms with Crippen LogP contribution in [0.5, 0.6) is 6.01 Å². The van der Waals surface area contributed by atoms with Crippen LogP contribution in [0.4, 0.5) is 0 Å². The number of imidazole rings is 1. The third-order valence-electron chi connectivity index (χ3n) is 5.48. The molecule has 0 N–H and O–H groups in total. The largest absolute Gasteiger partial charge is 0.464 e. The van der Waals surface area contributed by atoms with Gasteiger partial charge >= 0.3 is 0 Å². The molecule has 1 aromatic heterocycles. The maximum atomic E-state index is 6.21. The zero-order valence-corrected chi connectivity index (χ0v) is 16.3. The van der Waals surface area contributed by atoms with E-state index in [4.69, 9.17) is 9.72 Å². The van der Waals surface area contributed by atoms with Crippen LogP contribution in [0.15, 0.2) is 54.6 Å². The van der Waals surface area contributed by atoms with Gasteiger partial charge in [0.05, 0.1) is 17.6 Å². The minimum absolute atomic E-state index is 0.333. The predicted molar refractivity (Wildman–Crippen MR) is 110 cm³/mol. The Labute approximate surface area is 161 Å². The maximum absolute atomic E-state index is 6.21. The Bertz CT molecular complexity index is 864. The van der Waals surface area contributed by atoms with Gasteiger partial charge in [-0.15, -0.1) is 0 Å². The van der Waals surface area contributed by atoms with Crippen molar-refractivity contribution in [1.29, 1.82) is 0 Å². The van der Waals surface area contributed by atoms with Crippen molar-refractivity contribution in [3.8, 4) is 6.01 Å². The summed E-state index contributed by atoms with van der Waals surface area (Å²) in [6.45, 7) is 8.46. The lowest BCUT2D eigenvalue weighted by atomic mass is 9.97. The highest BCUT2D eigenvalue weighted by Crippen LogP contribution is 2.27. The minimum Gasteiger partial charge on any atom is -0.464 e. The molecule has 0 saturated carbocycles. The third kappa shape index (κ3) is 4.16. The fourth-order valence-electron chi connectivity index (χ4n) is 3.97. The van der Waals surface area contributed by atoms with E-state index in [9.17, 15) is 0 Å². The molecule has 4 rings (SSSR count). The van der Waals surface area contributed by atoms with E-state index in [1.807, 2.05) is 6.07 Å². The quantitative estimate of drug-likeness (QED) is 0.623.